The molecule has 0 atom stereocenters. The van der Waals surface area contributed by atoms with Gasteiger partial charge in [-0.25, -0.2) is 0 Å². The van der Waals surface area contributed by atoms with Crippen LogP contribution in [0.4, 0.5) is 0 Å². The van der Waals surface area contributed by atoms with E-state index in [4.69, 9.17) is 9.15 Å². The first kappa shape index (κ1) is 15.6. The Morgan fingerprint density at radius 3 is 2.62 bits per heavy atom. The Morgan fingerprint density at radius 2 is 1.90 bits per heavy atom. The van der Waals surface area contributed by atoms with Gasteiger partial charge in [-0.05, 0) is 57.0 Å². The molecular weight excluding hydrogens is 262 g/mol. The molecule has 2 aromatic rings. The Morgan fingerprint density at radius 1 is 1.10 bits per heavy atom. The molecule has 0 saturated carbocycles. The fourth-order valence-electron chi connectivity index (χ4n) is 2.33. The van der Waals surface area contributed by atoms with E-state index >= 15 is 0 Å². The zero-order valence-corrected chi connectivity index (χ0v) is 13.5. The summed E-state index contributed by atoms with van der Waals surface area (Å²) in [4.78, 5) is 0. The normalized spacial score (nSPS) is 10.9. The molecule has 114 valence electrons. The molecule has 3 nitrogen and oxygen atoms in total. The maximum atomic E-state index is 5.86. The Labute approximate surface area is 127 Å². The lowest BCUT2D eigenvalue weighted by Gasteiger charge is -2.08. The molecule has 0 spiro atoms. The first-order chi connectivity index (χ1) is 10.1. The number of benzene rings is 1. The van der Waals surface area contributed by atoms with Gasteiger partial charge in [0.15, 0.2) is 0 Å². The first-order valence-electron chi connectivity index (χ1n) is 7.59. The number of rotatable bonds is 7. The first-order valence-corrected chi connectivity index (χ1v) is 7.59. The van der Waals surface area contributed by atoms with Crippen molar-refractivity contribution in [2.45, 2.75) is 47.3 Å². The van der Waals surface area contributed by atoms with Crippen LogP contribution in [0.15, 0.2) is 28.7 Å². The van der Waals surface area contributed by atoms with Crippen molar-refractivity contribution in [3.05, 3.63) is 52.5 Å². The van der Waals surface area contributed by atoms with E-state index in [1.54, 1.807) is 0 Å². The fraction of sp³-hybridized carbons (Fsp3) is 0.444. The second-order valence-corrected chi connectivity index (χ2v) is 5.55. The van der Waals surface area contributed by atoms with Crippen LogP contribution in [0, 0.1) is 20.8 Å². The highest BCUT2D eigenvalue weighted by Crippen LogP contribution is 2.21. The molecule has 0 amide bonds. The van der Waals surface area contributed by atoms with Crippen LogP contribution in [0.3, 0.4) is 0 Å². The standard InChI is InChI=1S/C18H25NO2/c1-5-8-19-11-18-15(4)10-16(21-18)12-20-17-7-6-13(2)9-14(17)3/h6-7,9-10,19H,5,8,11-12H2,1-4H3. The number of aryl methyl sites for hydroxylation is 3. The molecule has 0 unspecified atom stereocenters. The van der Waals surface area contributed by atoms with Gasteiger partial charge in [0, 0.05) is 0 Å². The molecule has 0 aliphatic rings. The summed E-state index contributed by atoms with van der Waals surface area (Å²) in [5.41, 5.74) is 3.58. The second-order valence-electron chi connectivity index (χ2n) is 5.55. The van der Waals surface area contributed by atoms with Crippen LogP contribution in [-0.2, 0) is 13.2 Å². The molecule has 3 heteroatoms. The van der Waals surface area contributed by atoms with Gasteiger partial charge < -0.3 is 14.5 Å². The molecule has 0 aliphatic carbocycles. The van der Waals surface area contributed by atoms with Gasteiger partial charge in [-0.1, -0.05) is 24.6 Å². The monoisotopic (exact) mass is 287 g/mol. The summed E-state index contributed by atoms with van der Waals surface area (Å²) in [7, 11) is 0. The van der Waals surface area contributed by atoms with Crippen molar-refractivity contribution in [3.63, 3.8) is 0 Å². The summed E-state index contributed by atoms with van der Waals surface area (Å²) < 4.78 is 11.7. The highest BCUT2D eigenvalue weighted by Gasteiger charge is 2.08. The minimum atomic E-state index is 0.471. The maximum Gasteiger partial charge on any atom is 0.146 e. The number of hydrogen-bond acceptors (Lipinski definition) is 3. The molecule has 1 N–H and O–H groups in total. The van der Waals surface area contributed by atoms with Gasteiger partial charge in [0.1, 0.15) is 23.9 Å². The number of hydrogen-bond donors (Lipinski definition) is 1. The van der Waals surface area contributed by atoms with E-state index in [-0.39, 0.29) is 0 Å². The predicted octanol–water partition coefficient (Wildman–Crippen LogP) is 4.28. The van der Waals surface area contributed by atoms with Crippen molar-refractivity contribution < 1.29 is 9.15 Å². The molecule has 0 bridgehead atoms. The number of ether oxygens (including phenoxy) is 1. The van der Waals surface area contributed by atoms with Crippen molar-refractivity contribution in [1.82, 2.24) is 5.32 Å². The molecule has 1 aromatic carbocycles. The lowest BCUT2D eigenvalue weighted by molar-refractivity contribution is 0.263. The third-order valence-corrected chi connectivity index (χ3v) is 3.48. The smallest absolute Gasteiger partial charge is 0.146 e. The molecule has 0 aliphatic heterocycles. The highest BCUT2D eigenvalue weighted by molar-refractivity contribution is 5.35. The largest absolute Gasteiger partial charge is 0.485 e. The quantitative estimate of drug-likeness (QED) is 0.772. The van der Waals surface area contributed by atoms with Crippen LogP contribution in [0.2, 0.25) is 0 Å². The van der Waals surface area contributed by atoms with Crippen molar-refractivity contribution in [3.8, 4) is 5.75 Å². The van der Waals surface area contributed by atoms with Gasteiger partial charge in [-0.2, -0.15) is 0 Å². The molecule has 0 fully saturated rings. The van der Waals surface area contributed by atoms with Crippen molar-refractivity contribution in [2.24, 2.45) is 0 Å². The van der Waals surface area contributed by atoms with Crippen LogP contribution in [0.5, 0.6) is 5.75 Å². The van der Waals surface area contributed by atoms with E-state index in [1.807, 2.05) is 6.07 Å². The molecule has 1 heterocycles. The van der Waals surface area contributed by atoms with E-state index in [2.05, 4.69) is 51.2 Å². The summed E-state index contributed by atoms with van der Waals surface area (Å²) in [5.74, 6) is 2.80. The van der Waals surface area contributed by atoms with E-state index in [0.717, 1.165) is 42.3 Å². The number of furan rings is 1. The topological polar surface area (TPSA) is 34.4 Å². The zero-order valence-electron chi connectivity index (χ0n) is 13.5. The van der Waals surface area contributed by atoms with Gasteiger partial charge in [0.05, 0.1) is 6.54 Å². The average molecular weight is 287 g/mol. The summed E-state index contributed by atoms with van der Waals surface area (Å²) in [5, 5.41) is 3.36. The van der Waals surface area contributed by atoms with Gasteiger partial charge >= 0.3 is 0 Å². The minimum Gasteiger partial charge on any atom is -0.485 e. The van der Waals surface area contributed by atoms with E-state index in [0.29, 0.717) is 6.61 Å². The lowest BCUT2D eigenvalue weighted by Crippen LogP contribution is -2.13. The molecular formula is C18H25NO2. The Kier molecular flexibility index (Phi) is 5.45. The average Bonchev–Trinajstić information content (AvgIpc) is 2.79. The Bertz CT molecular complexity index is 587. The van der Waals surface area contributed by atoms with Crippen molar-refractivity contribution in [2.75, 3.05) is 6.54 Å². The van der Waals surface area contributed by atoms with Gasteiger partial charge in [-0.3, -0.25) is 0 Å². The van der Waals surface area contributed by atoms with Crippen LogP contribution < -0.4 is 10.1 Å². The molecule has 0 radical (unpaired) electrons. The van der Waals surface area contributed by atoms with Crippen LogP contribution in [0.25, 0.3) is 0 Å². The maximum absolute atomic E-state index is 5.86. The molecule has 21 heavy (non-hydrogen) atoms. The van der Waals surface area contributed by atoms with Crippen LogP contribution in [0.1, 0.15) is 41.6 Å². The Balaban J connectivity index is 1.95. The Hall–Kier alpha value is -1.74. The van der Waals surface area contributed by atoms with E-state index in [9.17, 15) is 0 Å². The van der Waals surface area contributed by atoms with Crippen LogP contribution in [-0.4, -0.2) is 6.54 Å². The summed E-state index contributed by atoms with van der Waals surface area (Å²) in [6, 6.07) is 8.27. The predicted molar refractivity (Wildman–Crippen MR) is 85.7 cm³/mol. The van der Waals surface area contributed by atoms with E-state index < -0.39 is 0 Å². The number of nitrogens with one attached hydrogen (secondary N) is 1. The van der Waals surface area contributed by atoms with Crippen molar-refractivity contribution in [1.29, 1.82) is 0 Å². The SMILES string of the molecule is CCCNCc1oc(COc2ccc(C)cc2C)cc1C. The van der Waals surface area contributed by atoms with Gasteiger partial charge in [0.2, 0.25) is 0 Å². The summed E-state index contributed by atoms with van der Waals surface area (Å²) in [6.07, 6.45) is 1.13. The van der Waals surface area contributed by atoms with Gasteiger partial charge in [0.25, 0.3) is 0 Å². The highest BCUT2D eigenvalue weighted by atomic mass is 16.5. The molecule has 0 saturated heterocycles. The second kappa shape index (κ2) is 7.32. The van der Waals surface area contributed by atoms with Crippen molar-refractivity contribution >= 4 is 0 Å². The minimum absolute atomic E-state index is 0.471. The summed E-state index contributed by atoms with van der Waals surface area (Å²) >= 11 is 0. The third kappa shape index (κ3) is 4.36. The summed E-state index contributed by atoms with van der Waals surface area (Å²) in [6.45, 7) is 10.6. The molecule has 1 aromatic heterocycles. The third-order valence-electron chi connectivity index (χ3n) is 3.48. The van der Waals surface area contributed by atoms with E-state index in [1.165, 1.54) is 11.1 Å². The lowest BCUT2D eigenvalue weighted by atomic mass is 10.1. The van der Waals surface area contributed by atoms with Gasteiger partial charge in [-0.15, -0.1) is 0 Å². The molecule has 2 rings (SSSR count). The zero-order chi connectivity index (χ0) is 15.2. The fourth-order valence-corrected chi connectivity index (χ4v) is 2.33. The van der Waals surface area contributed by atoms with Crippen LogP contribution >= 0.6 is 0 Å².